The molecule has 1 aromatic carbocycles. The predicted molar refractivity (Wildman–Crippen MR) is 90.5 cm³/mol. The molecule has 0 radical (unpaired) electrons. The third kappa shape index (κ3) is 5.53. The Kier molecular flexibility index (Phi) is 6.35. The van der Waals surface area contributed by atoms with Crippen molar-refractivity contribution < 1.29 is 9.53 Å². The van der Waals surface area contributed by atoms with Gasteiger partial charge in [-0.1, -0.05) is 12.1 Å². The second kappa shape index (κ2) is 8.48. The van der Waals surface area contributed by atoms with Crippen LogP contribution < -0.4 is 5.32 Å². The quantitative estimate of drug-likeness (QED) is 0.762. The normalized spacial score (nSPS) is 11.0. The number of imidazole rings is 1. The number of carbonyl (C=O) groups excluding carboxylic acids is 1. The third-order valence-electron chi connectivity index (χ3n) is 3.55. The summed E-state index contributed by atoms with van der Waals surface area (Å²) in [6.07, 6.45) is 4.80. The SMILES string of the molecule is Cc1nccn1Cc1ccc(C(=O)NCCCOC(C)C)cc1. The third-order valence-corrected chi connectivity index (χ3v) is 3.55. The molecule has 124 valence electrons. The van der Waals surface area contributed by atoms with E-state index in [0.29, 0.717) is 18.7 Å². The van der Waals surface area contributed by atoms with Crippen molar-refractivity contribution in [3.8, 4) is 0 Å². The topological polar surface area (TPSA) is 56.2 Å². The molecule has 0 unspecified atom stereocenters. The zero-order valence-corrected chi connectivity index (χ0v) is 14.1. The average Bonchev–Trinajstić information content (AvgIpc) is 2.92. The lowest BCUT2D eigenvalue weighted by Gasteiger charge is -2.09. The van der Waals surface area contributed by atoms with Gasteiger partial charge in [0.2, 0.25) is 0 Å². The van der Waals surface area contributed by atoms with Gasteiger partial charge in [0.05, 0.1) is 6.10 Å². The number of hydrogen-bond acceptors (Lipinski definition) is 3. The molecule has 5 heteroatoms. The maximum atomic E-state index is 12.1. The van der Waals surface area contributed by atoms with Crippen molar-refractivity contribution in [1.82, 2.24) is 14.9 Å². The number of nitrogens with one attached hydrogen (secondary N) is 1. The minimum absolute atomic E-state index is 0.0418. The Morgan fingerprint density at radius 1 is 1.30 bits per heavy atom. The Balaban J connectivity index is 1.79. The molecule has 0 spiro atoms. The summed E-state index contributed by atoms with van der Waals surface area (Å²) < 4.78 is 7.52. The maximum absolute atomic E-state index is 12.1. The van der Waals surface area contributed by atoms with E-state index >= 15 is 0 Å². The van der Waals surface area contributed by atoms with Crippen LogP contribution in [-0.2, 0) is 11.3 Å². The smallest absolute Gasteiger partial charge is 0.251 e. The Labute approximate surface area is 137 Å². The summed E-state index contributed by atoms with van der Waals surface area (Å²) in [5.41, 5.74) is 1.83. The van der Waals surface area contributed by atoms with E-state index in [2.05, 4.69) is 14.9 Å². The lowest BCUT2D eigenvalue weighted by atomic mass is 10.1. The first-order chi connectivity index (χ1) is 11.1. The van der Waals surface area contributed by atoms with Crippen molar-refractivity contribution >= 4 is 5.91 Å². The molecular weight excluding hydrogens is 290 g/mol. The molecule has 1 N–H and O–H groups in total. The van der Waals surface area contributed by atoms with Crippen LogP contribution >= 0.6 is 0 Å². The van der Waals surface area contributed by atoms with Crippen LogP contribution in [0.5, 0.6) is 0 Å². The van der Waals surface area contributed by atoms with Gasteiger partial charge in [0.15, 0.2) is 0 Å². The molecule has 0 aliphatic heterocycles. The minimum atomic E-state index is -0.0418. The van der Waals surface area contributed by atoms with Gasteiger partial charge in [-0.15, -0.1) is 0 Å². The molecule has 0 atom stereocenters. The number of benzene rings is 1. The molecule has 0 aliphatic rings. The second-order valence-electron chi connectivity index (χ2n) is 5.83. The van der Waals surface area contributed by atoms with Crippen LogP contribution in [-0.4, -0.2) is 34.7 Å². The van der Waals surface area contributed by atoms with Crippen LogP contribution in [0.25, 0.3) is 0 Å². The van der Waals surface area contributed by atoms with Gasteiger partial charge >= 0.3 is 0 Å². The largest absolute Gasteiger partial charge is 0.379 e. The highest BCUT2D eigenvalue weighted by molar-refractivity contribution is 5.94. The Bertz CT molecular complexity index is 617. The fourth-order valence-corrected chi connectivity index (χ4v) is 2.22. The van der Waals surface area contributed by atoms with Gasteiger partial charge in [0.25, 0.3) is 5.91 Å². The number of carbonyl (C=O) groups is 1. The summed E-state index contributed by atoms with van der Waals surface area (Å²) in [5.74, 6) is 0.940. The highest BCUT2D eigenvalue weighted by Gasteiger charge is 2.05. The van der Waals surface area contributed by atoms with Crippen molar-refractivity contribution in [3.63, 3.8) is 0 Å². The summed E-state index contributed by atoms with van der Waals surface area (Å²) in [7, 11) is 0. The fraction of sp³-hybridized carbons (Fsp3) is 0.444. The zero-order valence-electron chi connectivity index (χ0n) is 14.1. The van der Waals surface area contributed by atoms with E-state index in [9.17, 15) is 4.79 Å². The number of hydrogen-bond donors (Lipinski definition) is 1. The zero-order chi connectivity index (χ0) is 16.7. The number of aryl methyl sites for hydroxylation is 1. The number of nitrogens with zero attached hydrogens (tertiary/aromatic N) is 2. The molecule has 0 saturated carbocycles. The Morgan fingerprint density at radius 2 is 2.04 bits per heavy atom. The van der Waals surface area contributed by atoms with Gasteiger partial charge in [-0.25, -0.2) is 4.98 Å². The van der Waals surface area contributed by atoms with Crippen LogP contribution in [0, 0.1) is 6.92 Å². The van der Waals surface area contributed by atoms with E-state index in [1.54, 1.807) is 6.20 Å². The van der Waals surface area contributed by atoms with E-state index in [-0.39, 0.29) is 12.0 Å². The van der Waals surface area contributed by atoms with Crippen LogP contribution in [0.3, 0.4) is 0 Å². The van der Waals surface area contributed by atoms with E-state index < -0.39 is 0 Å². The van der Waals surface area contributed by atoms with E-state index in [1.807, 2.05) is 51.2 Å². The molecule has 1 aromatic heterocycles. The lowest BCUT2D eigenvalue weighted by Crippen LogP contribution is -2.25. The second-order valence-corrected chi connectivity index (χ2v) is 5.83. The van der Waals surface area contributed by atoms with Crippen molar-refractivity contribution in [2.75, 3.05) is 13.2 Å². The fourth-order valence-electron chi connectivity index (χ4n) is 2.22. The first-order valence-electron chi connectivity index (χ1n) is 8.02. The van der Waals surface area contributed by atoms with Gasteiger partial charge in [0.1, 0.15) is 5.82 Å². The van der Waals surface area contributed by atoms with E-state index in [1.165, 1.54) is 0 Å². The van der Waals surface area contributed by atoms with Crippen LogP contribution in [0.4, 0.5) is 0 Å². The van der Waals surface area contributed by atoms with Gasteiger partial charge in [0, 0.05) is 37.7 Å². The Morgan fingerprint density at radius 3 is 2.65 bits per heavy atom. The summed E-state index contributed by atoms with van der Waals surface area (Å²) in [4.78, 5) is 16.3. The molecule has 2 rings (SSSR count). The van der Waals surface area contributed by atoms with Crippen molar-refractivity contribution in [2.45, 2.75) is 39.8 Å². The highest BCUT2D eigenvalue weighted by atomic mass is 16.5. The summed E-state index contributed by atoms with van der Waals surface area (Å²) in [6, 6.07) is 7.69. The minimum Gasteiger partial charge on any atom is -0.379 e. The van der Waals surface area contributed by atoms with E-state index in [0.717, 1.165) is 24.4 Å². The number of amides is 1. The first kappa shape index (κ1) is 17.2. The van der Waals surface area contributed by atoms with Gasteiger partial charge in [-0.3, -0.25) is 4.79 Å². The average molecular weight is 315 g/mol. The molecule has 2 aromatic rings. The molecule has 0 saturated heterocycles. The van der Waals surface area contributed by atoms with Crippen molar-refractivity contribution in [1.29, 1.82) is 0 Å². The lowest BCUT2D eigenvalue weighted by molar-refractivity contribution is 0.0757. The van der Waals surface area contributed by atoms with Gasteiger partial charge in [-0.2, -0.15) is 0 Å². The standard InChI is InChI=1S/C18H25N3O2/c1-14(2)23-12-4-9-20-18(22)17-7-5-16(6-8-17)13-21-11-10-19-15(21)3/h5-8,10-11,14H,4,9,12-13H2,1-3H3,(H,20,22). The van der Waals surface area contributed by atoms with E-state index in [4.69, 9.17) is 4.74 Å². The molecule has 0 fully saturated rings. The summed E-state index contributed by atoms with van der Waals surface area (Å²) >= 11 is 0. The van der Waals surface area contributed by atoms with Gasteiger partial charge < -0.3 is 14.6 Å². The van der Waals surface area contributed by atoms with Crippen LogP contribution in [0.1, 0.15) is 42.0 Å². The van der Waals surface area contributed by atoms with Crippen LogP contribution in [0.2, 0.25) is 0 Å². The van der Waals surface area contributed by atoms with Crippen LogP contribution in [0.15, 0.2) is 36.7 Å². The summed E-state index contributed by atoms with van der Waals surface area (Å²) in [5, 5.41) is 2.91. The molecule has 0 aliphatic carbocycles. The highest BCUT2D eigenvalue weighted by Crippen LogP contribution is 2.08. The summed E-state index contributed by atoms with van der Waals surface area (Å²) in [6.45, 7) is 8.05. The van der Waals surface area contributed by atoms with Crippen molar-refractivity contribution in [2.24, 2.45) is 0 Å². The Hall–Kier alpha value is -2.14. The number of ether oxygens (including phenoxy) is 1. The predicted octanol–water partition coefficient (Wildman–Crippen LogP) is 2.78. The molecule has 23 heavy (non-hydrogen) atoms. The first-order valence-corrected chi connectivity index (χ1v) is 8.02. The molecule has 0 bridgehead atoms. The monoisotopic (exact) mass is 315 g/mol. The molecule has 1 amide bonds. The number of rotatable bonds is 8. The molecular formula is C18H25N3O2. The molecule has 1 heterocycles. The van der Waals surface area contributed by atoms with Crippen molar-refractivity contribution in [3.05, 3.63) is 53.6 Å². The molecule has 5 nitrogen and oxygen atoms in total. The number of aromatic nitrogens is 2. The van der Waals surface area contributed by atoms with Gasteiger partial charge in [-0.05, 0) is 44.9 Å². The maximum Gasteiger partial charge on any atom is 0.251 e.